The molecule has 0 radical (unpaired) electrons. The van der Waals surface area contributed by atoms with E-state index in [4.69, 9.17) is 14.1 Å². The van der Waals surface area contributed by atoms with Crippen molar-refractivity contribution >= 4 is 5.69 Å². The summed E-state index contributed by atoms with van der Waals surface area (Å²) in [6.45, 7) is 0. The van der Waals surface area contributed by atoms with Gasteiger partial charge in [0.2, 0.25) is 5.89 Å². The van der Waals surface area contributed by atoms with Crippen LogP contribution in [-0.2, 0) is 0 Å². The summed E-state index contributed by atoms with van der Waals surface area (Å²) in [5.41, 5.74) is 8.25. The van der Waals surface area contributed by atoms with Crippen LogP contribution in [0, 0.1) is 0 Å². The average Bonchev–Trinajstić information content (AvgIpc) is 3.51. The van der Waals surface area contributed by atoms with Crippen LogP contribution >= 0.6 is 0 Å². The van der Waals surface area contributed by atoms with Gasteiger partial charge in [-0.15, -0.1) is 0 Å². The number of hydrogen-bond acceptors (Lipinski definition) is 4. The molecule has 6 aromatic rings. The van der Waals surface area contributed by atoms with Gasteiger partial charge >= 0.3 is 0 Å². The highest BCUT2D eigenvalue weighted by atomic mass is 16.5. The molecule has 0 aliphatic rings. The van der Waals surface area contributed by atoms with Crippen molar-refractivity contribution in [2.24, 2.45) is 0 Å². The predicted octanol–water partition coefficient (Wildman–Crippen LogP) is 8.89. The molecule has 0 bridgehead atoms. The van der Waals surface area contributed by atoms with E-state index >= 15 is 0 Å². The normalized spacial score (nSPS) is 11.6. The summed E-state index contributed by atoms with van der Waals surface area (Å²) >= 11 is 0. The Morgan fingerprint density at radius 2 is 1.21 bits per heavy atom. The molecule has 0 fully saturated rings. The summed E-state index contributed by atoms with van der Waals surface area (Å²) in [6.07, 6.45) is 1.71. The molecule has 0 amide bonds. The second kappa shape index (κ2) is 11.1. The largest absolute Gasteiger partial charge is 0.497 e. The quantitative estimate of drug-likeness (QED) is 0.223. The van der Waals surface area contributed by atoms with Crippen molar-refractivity contribution in [3.63, 3.8) is 0 Å². The van der Waals surface area contributed by atoms with Crippen molar-refractivity contribution in [1.82, 2.24) is 4.98 Å². The van der Waals surface area contributed by atoms with Gasteiger partial charge in [0, 0.05) is 16.7 Å². The highest BCUT2D eigenvalue weighted by Crippen LogP contribution is 2.40. The predicted molar refractivity (Wildman–Crippen MR) is 158 cm³/mol. The highest BCUT2D eigenvalue weighted by Gasteiger charge is 2.23. The van der Waals surface area contributed by atoms with Gasteiger partial charge in [0.1, 0.15) is 23.7 Å². The summed E-state index contributed by atoms with van der Waals surface area (Å²) in [5, 5.41) is 3.85. The molecule has 1 aromatic heterocycles. The molecule has 0 saturated heterocycles. The number of aromatic nitrogens is 1. The van der Waals surface area contributed by atoms with E-state index in [0.29, 0.717) is 5.89 Å². The zero-order chi connectivity index (χ0) is 26.4. The molecule has 39 heavy (non-hydrogen) atoms. The number of methoxy groups -OCH3 is 1. The van der Waals surface area contributed by atoms with Crippen LogP contribution in [0.5, 0.6) is 5.75 Å². The minimum Gasteiger partial charge on any atom is -0.497 e. The van der Waals surface area contributed by atoms with Crippen LogP contribution in [-0.4, -0.2) is 12.1 Å². The summed E-state index contributed by atoms with van der Waals surface area (Å²) < 4.78 is 11.6. The first-order valence-electron chi connectivity index (χ1n) is 13.0. The molecule has 5 aromatic carbocycles. The van der Waals surface area contributed by atoms with Crippen molar-refractivity contribution in [1.29, 1.82) is 0 Å². The third kappa shape index (κ3) is 5.18. The van der Waals surface area contributed by atoms with Crippen LogP contribution < -0.4 is 10.1 Å². The SMILES string of the molecule is COc1cccc(-c2coc(C(Nc3c(-c4ccccc4)cccc3-c3ccccc3)c3ccccc3)n2)c1. The minimum absolute atomic E-state index is 0.321. The van der Waals surface area contributed by atoms with Crippen molar-refractivity contribution < 1.29 is 9.15 Å². The maximum absolute atomic E-state index is 6.16. The molecule has 1 unspecified atom stereocenters. The Balaban J connectivity index is 1.49. The van der Waals surface area contributed by atoms with Crippen LogP contribution in [0.1, 0.15) is 17.5 Å². The van der Waals surface area contributed by atoms with E-state index in [-0.39, 0.29) is 6.04 Å². The van der Waals surface area contributed by atoms with Crippen LogP contribution in [0.2, 0.25) is 0 Å². The fourth-order valence-electron chi connectivity index (χ4n) is 4.84. The van der Waals surface area contributed by atoms with E-state index in [1.807, 2.05) is 54.6 Å². The van der Waals surface area contributed by atoms with E-state index < -0.39 is 0 Å². The van der Waals surface area contributed by atoms with E-state index in [9.17, 15) is 0 Å². The lowest BCUT2D eigenvalue weighted by atomic mass is 9.94. The molecule has 4 heteroatoms. The molecule has 0 spiro atoms. The van der Waals surface area contributed by atoms with Gasteiger partial charge in [-0.05, 0) is 28.8 Å². The second-order valence-electron chi connectivity index (χ2n) is 9.25. The number of anilines is 1. The van der Waals surface area contributed by atoms with Crippen LogP contribution in [0.4, 0.5) is 5.69 Å². The van der Waals surface area contributed by atoms with E-state index in [2.05, 4.69) is 84.2 Å². The van der Waals surface area contributed by atoms with Gasteiger partial charge in [0.15, 0.2) is 0 Å². The number of rotatable bonds is 8. The summed E-state index contributed by atoms with van der Waals surface area (Å²) in [7, 11) is 1.66. The van der Waals surface area contributed by atoms with E-state index in [1.54, 1.807) is 13.4 Å². The van der Waals surface area contributed by atoms with Gasteiger partial charge < -0.3 is 14.5 Å². The van der Waals surface area contributed by atoms with Crippen molar-refractivity contribution in [3.8, 4) is 39.3 Å². The molecule has 6 rings (SSSR count). The van der Waals surface area contributed by atoms with Gasteiger partial charge in [-0.3, -0.25) is 0 Å². The van der Waals surface area contributed by atoms with Gasteiger partial charge in [0.25, 0.3) is 0 Å². The lowest BCUT2D eigenvalue weighted by Crippen LogP contribution is -2.14. The molecule has 1 N–H and O–H groups in total. The lowest BCUT2D eigenvalue weighted by molar-refractivity contribution is 0.415. The Morgan fingerprint density at radius 3 is 1.82 bits per heavy atom. The van der Waals surface area contributed by atoms with Crippen LogP contribution in [0.3, 0.4) is 0 Å². The maximum Gasteiger partial charge on any atom is 0.221 e. The fraction of sp³-hybridized carbons (Fsp3) is 0.0571. The van der Waals surface area contributed by atoms with E-state index in [1.165, 1.54) is 0 Å². The standard InChI is InChI=1S/C35H28N2O2/c1-38-29-20-11-19-28(23-29)32-24-39-35(36-32)33(27-17-9-4-10-18-27)37-34-30(25-13-5-2-6-14-25)21-12-22-31(34)26-15-7-3-8-16-26/h2-24,33,37H,1H3. The Bertz CT molecular complexity index is 1600. The molecule has 0 aliphatic heterocycles. The number of ether oxygens (including phenoxy) is 1. The fourth-order valence-corrected chi connectivity index (χ4v) is 4.84. The lowest BCUT2D eigenvalue weighted by Gasteiger charge is -2.23. The summed E-state index contributed by atoms with van der Waals surface area (Å²) in [6, 6.07) is 45.1. The van der Waals surface area contributed by atoms with E-state index in [0.717, 1.165) is 50.5 Å². The Labute approximate surface area is 228 Å². The van der Waals surface area contributed by atoms with Gasteiger partial charge in [0.05, 0.1) is 12.8 Å². The zero-order valence-corrected chi connectivity index (χ0v) is 21.6. The highest BCUT2D eigenvalue weighted by molar-refractivity contribution is 5.90. The number of benzene rings is 5. The molecular weight excluding hydrogens is 480 g/mol. The smallest absolute Gasteiger partial charge is 0.221 e. The average molecular weight is 509 g/mol. The third-order valence-corrected chi connectivity index (χ3v) is 6.79. The maximum atomic E-state index is 6.16. The molecule has 1 heterocycles. The Morgan fingerprint density at radius 1 is 0.641 bits per heavy atom. The number of para-hydroxylation sites is 1. The second-order valence-corrected chi connectivity index (χ2v) is 9.25. The molecular formula is C35H28N2O2. The first-order valence-corrected chi connectivity index (χ1v) is 13.0. The first kappa shape index (κ1) is 24.3. The van der Waals surface area contributed by atoms with Crippen LogP contribution in [0.15, 0.2) is 144 Å². The number of oxazole rings is 1. The minimum atomic E-state index is -0.321. The molecule has 1 atom stereocenters. The summed E-state index contributed by atoms with van der Waals surface area (Å²) in [4.78, 5) is 4.95. The molecule has 0 aliphatic carbocycles. The molecule has 190 valence electrons. The zero-order valence-electron chi connectivity index (χ0n) is 21.6. The Kier molecular flexibility index (Phi) is 6.91. The first-order chi connectivity index (χ1) is 19.3. The number of nitrogens with zero attached hydrogens (tertiary/aromatic N) is 1. The van der Waals surface area contributed by atoms with Gasteiger partial charge in [-0.25, -0.2) is 4.98 Å². The third-order valence-electron chi connectivity index (χ3n) is 6.79. The van der Waals surface area contributed by atoms with Crippen molar-refractivity contribution in [3.05, 3.63) is 151 Å². The summed E-state index contributed by atoms with van der Waals surface area (Å²) in [5.74, 6) is 1.36. The van der Waals surface area contributed by atoms with Crippen molar-refractivity contribution in [2.45, 2.75) is 6.04 Å². The topological polar surface area (TPSA) is 47.3 Å². The molecule has 4 nitrogen and oxygen atoms in total. The molecule has 0 saturated carbocycles. The monoisotopic (exact) mass is 508 g/mol. The Hall–Kier alpha value is -5.09. The van der Waals surface area contributed by atoms with Crippen molar-refractivity contribution in [2.75, 3.05) is 12.4 Å². The number of hydrogen-bond donors (Lipinski definition) is 1. The van der Waals surface area contributed by atoms with Crippen LogP contribution in [0.25, 0.3) is 33.5 Å². The number of nitrogens with one attached hydrogen (secondary N) is 1. The van der Waals surface area contributed by atoms with Gasteiger partial charge in [-0.2, -0.15) is 0 Å². The van der Waals surface area contributed by atoms with Gasteiger partial charge in [-0.1, -0.05) is 121 Å².